The average molecular weight is 274 g/mol. The van der Waals surface area contributed by atoms with Gasteiger partial charge in [-0.05, 0) is 57.0 Å². The van der Waals surface area contributed by atoms with Crippen LogP contribution < -0.4 is 5.32 Å². The van der Waals surface area contributed by atoms with Gasteiger partial charge in [-0.15, -0.1) is 0 Å². The third-order valence-electron chi connectivity index (χ3n) is 3.21. The van der Waals surface area contributed by atoms with E-state index in [1.807, 2.05) is 14.0 Å². The molecule has 0 aromatic heterocycles. The first-order chi connectivity index (χ1) is 8.56. The molecule has 0 amide bonds. The van der Waals surface area contributed by atoms with Gasteiger partial charge in [0.25, 0.3) is 0 Å². The third kappa shape index (κ3) is 4.92. The zero-order chi connectivity index (χ0) is 13.5. The SMILES string of the molecule is CNC(CCC(C)OC)Cc1cc(F)ccc1Cl. The van der Waals surface area contributed by atoms with E-state index in [2.05, 4.69) is 5.32 Å². The molecule has 0 saturated heterocycles. The van der Waals surface area contributed by atoms with Gasteiger partial charge in [0.15, 0.2) is 0 Å². The molecule has 0 aliphatic rings. The molecule has 0 spiro atoms. The quantitative estimate of drug-likeness (QED) is 0.822. The number of hydrogen-bond donors (Lipinski definition) is 1. The van der Waals surface area contributed by atoms with Crippen molar-refractivity contribution in [1.82, 2.24) is 5.32 Å². The smallest absolute Gasteiger partial charge is 0.123 e. The number of rotatable bonds is 7. The second-order valence-electron chi connectivity index (χ2n) is 4.55. The highest BCUT2D eigenvalue weighted by Gasteiger charge is 2.12. The first kappa shape index (κ1) is 15.4. The lowest BCUT2D eigenvalue weighted by atomic mass is 10.0. The molecule has 0 radical (unpaired) electrons. The summed E-state index contributed by atoms with van der Waals surface area (Å²) in [4.78, 5) is 0. The summed E-state index contributed by atoms with van der Waals surface area (Å²) in [6, 6.07) is 4.78. The Morgan fingerprint density at radius 1 is 1.39 bits per heavy atom. The maximum absolute atomic E-state index is 13.2. The van der Waals surface area contributed by atoms with E-state index < -0.39 is 0 Å². The lowest BCUT2D eigenvalue weighted by Crippen LogP contribution is -2.29. The summed E-state index contributed by atoms with van der Waals surface area (Å²) in [6.07, 6.45) is 2.90. The Hall–Kier alpha value is -0.640. The minimum Gasteiger partial charge on any atom is -0.382 e. The molecule has 0 heterocycles. The van der Waals surface area contributed by atoms with Crippen LogP contribution in [0.25, 0.3) is 0 Å². The Balaban J connectivity index is 2.59. The van der Waals surface area contributed by atoms with Gasteiger partial charge in [-0.25, -0.2) is 4.39 Å². The Morgan fingerprint density at radius 3 is 2.72 bits per heavy atom. The molecule has 1 aromatic carbocycles. The lowest BCUT2D eigenvalue weighted by Gasteiger charge is -2.19. The van der Waals surface area contributed by atoms with Crippen LogP contribution in [0.3, 0.4) is 0 Å². The Kier molecular flexibility index (Phi) is 6.61. The molecule has 0 aliphatic heterocycles. The predicted octanol–water partition coefficient (Wildman–Crippen LogP) is 3.42. The molecular weight excluding hydrogens is 253 g/mol. The number of halogens is 2. The van der Waals surface area contributed by atoms with Crippen molar-refractivity contribution in [3.8, 4) is 0 Å². The summed E-state index contributed by atoms with van der Waals surface area (Å²) in [5.74, 6) is -0.241. The van der Waals surface area contributed by atoms with Crippen molar-refractivity contribution in [2.75, 3.05) is 14.2 Å². The summed E-state index contributed by atoms with van der Waals surface area (Å²) in [7, 11) is 3.62. The van der Waals surface area contributed by atoms with E-state index in [-0.39, 0.29) is 18.0 Å². The summed E-state index contributed by atoms with van der Waals surface area (Å²) in [5, 5.41) is 3.86. The van der Waals surface area contributed by atoms with Crippen LogP contribution in [0.15, 0.2) is 18.2 Å². The zero-order valence-electron chi connectivity index (χ0n) is 11.2. The normalized spacial score (nSPS) is 14.5. The van der Waals surface area contributed by atoms with Gasteiger partial charge < -0.3 is 10.1 Å². The molecule has 4 heteroatoms. The highest BCUT2D eigenvalue weighted by molar-refractivity contribution is 6.31. The van der Waals surface area contributed by atoms with Crippen LogP contribution in [-0.4, -0.2) is 26.3 Å². The zero-order valence-corrected chi connectivity index (χ0v) is 11.9. The van der Waals surface area contributed by atoms with E-state index in [1.54, 1.807) is 13.2 Å². The van der Waals surface area contributed by atoms with E-state index in [9.17, 15) is 4.39 Å². The number of benzene rings is 1. The molecule has 0 saturated carbocycles. The molecule has 2 nitrogen and oxygen atoms in total. The van der Waals surface area contributed by atoms with Crippen molar-refractivity contribution >= 4 is 11.6 Å². The summed E-state index contributed by atoms with van der Waals surface area (Å²) in [5.41, 5.74) is 0.848. The van der Waals surface area contributed by atoms with Crippen LogP contribution in [0.4, 0.5) is 4.39 Å². The van der Waals surface area contributed by atoms with Gasteiger partial charge in [0.05, 0.1) is 6.10 Å². The van der Waals surface area contributed by atoms with Crippen LogP contribution in [0.1, 0.15) is 25.3 Å². The Bertz CT molecular complexity index is 373. The fourth-order valence-electron chi connectivity index (χ4n) is 1.87. The monoisotopic (exact) mass is 273 g/mol. The van der Waals surface area contributed by atoms with Gasteiger partial charge in [0, 0.05) is 18.2 Å². The topological polar surface area (TPSA) is 21.3 Å². The Morgan fingerprint density at radius 2 is 2.11 bits per heavy atom. The van der Waals surface area contributed by atoms with Crippen molar-refractivity contribution in [2.45, 2.75) is 38.3 Å². The molecular formula is C14H21ClFNO. The summed E-state index contributed by atoms with van der Waals surface area (Å²) < 4.78 is 18.4. The number of methoxy groups -OCH3 is 1. The van der Waals surface area contributed by atoms with Gasteiger partial charge in [-0.3, -0.25) is 0 Å². The highest BCUT2D eigenvalue weighted by atomic mass is 35.5. The lowest BCUT2D eigenvalue weighted by molar-refractivity contribution is 0.106. The number of likely N-dealkylation sites (N-methyl/N-ethyl adjacent to an activating group) is 1. The first-order valence-corrected chi connectivity index (χ1v) is 6.58. The van der Waals surface area contributed by atoms with Crippen LogP contribution in [-0.2, 0) is 11.2 Å². The molecule has 1 aromatic rings. The minimum atomic E-state index is -0.241. The van der Waals surface area contributed by atoms with Gasteiger partial charge in [-0.2, -0.15) is 0 Å². The Labute approximate surface area is 113 Å². The number of nitrogens with one attached hydrogen (secondary N) is 1. The van der Waals surface area contributed by atoms with Crippen molar-refractivity contribution in [3.63, 3.8) is 0 Å². The minimum absolute atomic E-state index is 0.240. The molecule has 0 bridgehead atoms. The van der Waals surface area contributed by atoms with Crippen LogP contribution in [0, 0.1) is 5.82 Å². The third-order valence-corrected chi connectivity index (χ3v) is 3.58. The average Bonchev–Trinajstić information content (AvgIpc) is 2.37. The molecule has 102 valence electrons. The van der Waals surface area contributed by atoms with E-state index in [1.165, 1.54) is 12.1 Å². The maximum Gasteiger partial charge on any atom is 0.123 e. The van der Waals surface area contributed by atoms with E-state index >= 15 is 0 Å². The van der Waals surface area contributed by atoms with E-state index in [4.69, 9.17) is 16.3 Å². The summed E-state index contributed by atoms with van der Waals surface area (Å²) in [6.45, 7) is 2.04. The van der Waals surface area contributed by atoms with Gasteiger partial charge in [-0.1, -0.05) is 11.6 Å². The second-order valence-corrected chi connectivity index (χ2v) is 4.96. The van der Waals surface area contributed by atoms with Crippen molar-refractivity contribution in [1.29, 1.82) is 0 Å². The molecule has 2 atom stereocenters. The van der Waals surface area contributed by atoms with Gasteiger partial charge in [0.2, 0.25) is 0 Å². The fourth-order valence-corrected chi connectivity index (χ4v) is 2.06. The van der Waals surface area contributed by atoms with Gasteiger partial charge >= 0.3 is 0 Å². The largest absolute Gasteiger partial charge is 0.382 e. The van der Waals surface area contributed by atoms with Crippen molar-refractivity contribution in [2.24, 2.45) is 0 Å². The van der Waals surface area contributed by atoms with Gasteiger partial charge in [0.1, 0.15) is 5.82 Å². The summed E-state index contributed by atoms with van der Waals surface area (Å²) >= 11 is 6.07. The molecule has 1 rings (SSSR count). The van der Waals surface area contributed by atoms with E-state index in [0.29, 0.717) is 5.02 Å². The number of ether oxygens (including phenoxy) is 1. The standard InChI is InChI=1S/C14H21ClFNO/c1-10(18-3)4-6-13(17-2)9-11-8-12(16)5-7-14(11)15/h5,7-8,10,13,17H,4,6,9H2,1-3H3. The predicted molar refractivity (Wildman–Crippen MR) is 73.7 cm³/mol. The molecule has 1 N–H and O–H groups in total. The number of hydrogen-bond acceptors (Lipinski definition) is 2. The van der Waals surface area contributed by atoms with Crippen LogP contribution in [0.5, 0.6) is 0 Å². The molecule has 18 heavy (non-hydrogen) atoms. The maximum atomic E-state index is 13.2. The molecule has 2 unspecified atom stereocenters. The fraction of sp³-hybridized carbons (Fsp3) is 0.571. The van der Waals surface area contributed by atoms with E-state index in [0.717, 1.165) is 24.8 Å². The first-order valence-electron chi connectivity index (χ1n) is 6.20. The van der Waals surface area contributed by atoms with Crippen molar-refractivity contribution < 1.29 is 9.13 Å². The second kappa shape index (κ2) is 7.72. The van der Waals surface area contributed by atoms with Crippen molar-refractivity contribution in [3.05, 3.63) is 34.6 Å². The molecule has 0 fully saturated rings. The highest BCUT2D eigenvalue weighted by Crippen LogP contribution is 2.20. The van der Waals surface area contributed by atoms with Crippen LogP contribution in [0.2, 0.25) is 5.02 Å². The van der Waals surface area contributed by atoms with Crippen LogP contribution >= 0.6 is 11.6 Å². The molecule has 0 aliphatic carbocycles.